The summed E-state index contributed by atoms with van der Waals surface area (Å²) in [4.78, 5) is 4.47. The highest BCUT2D eigenvalue weighted by Crippen LogP contribution is 2.14. The van der Waals surface area contributed by atoms with Crippen LogP contribution in [0.25, 0.3) is 0 Å². The molecule has 0 saturated heterocycles. The average Bonchev–Trinajstić information content (AvgIpc) is 2.82. The smallest absolute Gasteiger partial charge is 0.226 e. The van der Waals surface area contributed by atoms with E-state index in [2.05, 4.69) is 49.1 Å². The molecule has 0 fully saturated rings. The molecule has 4 heteroatoms. The molecule has 1 heterocycles. The van der Waals surface area contributed by atoms with E-state index in [-0.39, 0.29) is 0 Å². The summed E-state index contributed by atoms with van der Waals surface area (Å²) in [6, 6.07) is 6.49. The van der Waals surface area contributed by atoms with Crippen molar-refractivity contribution in [1.29, 1.82) is 0 Å². The maximum Gasteiger partial charge on any atom is 0.226 e. The highest BCUT2D eigenvalue weighted by Gasteiger charge is 2.12. The van der Waals surface area contributed by atoms with Crippen molar-refractivity contribution in [2.75, 3.05) is 6.54 Å². The molecule has 0 bridgehead atoms. The van der Waals surface area contributed by atoms with Crippen molar-refractivity contribution in [3.63, 3.8) is 0 Å². The van der Waals surface area contributed by atoms with Crippen molar-refractivity contribution >= 4 is 0 Å². The molecule has 0 radical (unpaired) electrons. The van der Waals surface area contributed by atoms with Crippen LogP contribution in [0.4, 0.5) is 0 Å². The topological polar surface area (TPSA) is 64.9 Å². The zero-order chi connectivity index (χ0) is 14.5. The highest BCUT2D eigenvalue weighted by atomic mass is 16.5. The van der Waals surface area contributed by atoms with Crippen LogP contribution in [0.2, 0.25) is 0 Å². The minimum absolute atomic E-state index is 0.421. The van der Waals surface area contributed by atoms with Gasteiger partial charge in [0.25, 0.3) is 0 Å². The second kappa shape index (κ2) is 6.66. The van der Waals surface area contributed by atoms with Crippen LogP contribution in [-0.4, -0.2) is 16.7 Å². The van der Waals surface area contributed by atoms with Crippen LogP contribution >= 0.6 is 0 Å². The highest BCUT2D eigenvalue weighted by molar-refractivity contribution is 5.30. The van der Waals surface area contributed by atoms with Crippen LogP contribution in [0.1, 0.15) is 41.8 Å². The Bertz CT molecular complexity index is 538. The van der Waals surface area contributed by atoms with Crippen molar-refractivity contribution in [2.24, 2.45) is 11.7 Å². The van der Waals surface area contributed by atoms with Gasteiger partial charge in [-0.05, 0) is 31.9 Å². The summed E-state index contributed by atoms with van der Waals surface area (Å²) in [5, 5.41) is 4.07. The molecule has 0 spiro atoms. The molecule has 20 heavy (non-hydrogen) atoms. The van der Waals surface area contributed by atoms with Crippen molar-refractivity contribution in [3.8, 4) is 0 Å². The van der Waals surface area contributed by atoms with E-state index in [9.17, 15) is 0 Å². The van der Waals surface area contributed by atoms with Gasteiger partial charge < -0.3 is 10.3 Å². The van der Waals surface area contributed by atoms with Gasteiger partial charge in [0.15, 0.2) is 5.82 Å². The molecule has 0 aliphatic carbocycles. The number of aryl methyl sites for hydroxylation is 2. The molecule has 2 N–H and O–H groups in total. The predicted molar refractivity (Wildman–Crippen MR) is 79.6 cm³/mol. The van der Waals surface area contributed by atoms with Crippen LogP contribution in [0.3, 0.4) is 0 Å². The minimum atomic E-state index is 0.421. The monoisotopic (exact) mass is 273 g/mol. The Morgan fingerprint density at radius 3 is 2.50 bits per heavy atom. The van der Waals surface area contributed by atoms with Crippen molar-refractivity contribution in [3.05, 3.63) is 46.6 Å². The molecule has 4 nitrogen and oxygen atoms in total. The molecule has 2 rings (SSSR count). The number of hydrogen-bond acceptors (Lipinski definition) is 4. The van der Waals surface area contributed by atoms with Crippen LogP contribution in [-0.2, 0) is 12.8 Å². The normalized spacial score (nSPS) is 12.6. The van der Waals surface area contributed by atoms with Gasteiger partial charge in [0, 0.05) is 12.8 Å². The van der Waals surface area contributed by atoms with Gasteiger partial charge in [-0.25, -0.2) is 0 Å². The lowest BCUT2D eigenvalue weighted by atomic mass is 10.0. The second-order valence-electron chi connectivity index (χ2n) is 5.49. The maximum atomic E-state index is 5.70. The molecule has 0 aliphatic rings. The van der Waals surface area contributed by atoms with E-state index in [1.807, 2.05) is 0 Å². The Hall–Kier alpha value is -1.68. The van der Waals surface area contributed by atoms with E-state index < -0.39 is 0 Å². The third-order valence-electron chi connectivity index (χ3n) is 3.53. The van der Waals surface area contributed by atoms with E-state index in [1.165, 1.54) is 16.7 Å². The van der Waals surface area contributed by atoms with Gasteiger partial charge in [-0.3, -0.25) is 0 Å². The van der Waals surface area contributed by atoms with E-state index in [0.29, 0.717) is 24.8 Å². The summed E-state index contributed by atoms with van der Waals surface area (Å²) in [5.41, 5.74) is 9.45. The Balaban J connectivity index is 2.05. The Kier molecular flexibility index (Phi) is 4.90. The van der Waals surface area contributed by atoms with Crippen molar-refractivity contribution < 1.29 is 4.52 Å². The fourth-order valence-electron chi connectivity index (χ4n) is 2.44. The van der Waals surface area contributed by atoms with Gasteiger partial charge in [-0.15, -0.1) is 0 Å². The Morgan fingerprint density at radius 2 is 1.90 bits per heavy atom. The minimum Gasteiger partial charge on any atom is -0.339 e. The zero-order valence-electron chi connectivity index (χ0n) is 12.5. The molecule has 1 aromatic carbocycles. The first-order valence-corrected chi connectivity index (χ1v) is 7.19. The third-order valence-corrected chi connectivity index (χ3v) is 3.53. The molecule has 0 aliphatic heterocycles. The molecule has 108 valence electrons. The lowest BCUT2D eigenvalue weighted by Gasteiger charge is -2.07. The summed E-state index contributed by atoms with van der Waals surface area (Å²) >= 11 is 0. The fourth-order valence-corrected chi connectivity index (χ4v) is 2.44. The van der Waals surface area contributed by atoms with E-state index >= 15 is 0 Å². The van der Waals surface area contributed by atoms with Gasteiger partial charge >= 0.3 is 0 Å². The molecular formula is C16H23N3O. The zero-order valence-corrected chi connectivity index (χ0v) is 12.5. The maximum absolute atomic E-state index is 5.70. The number of benzene rings is 1. The standard InChI is InChI=1S/C16H23N3O/c1-4-13(10-17)9-16-18-15(19-20-16)8-14-6-11(2)5-12(3)7-14/h5-7,13H,4,8-10,17H2,1-3H3. The molecule has 0 amide bonds. The van der Waals surface area contributed by atoms with Gasteiger partial charge in [0.2, 0.25) is 5.89 Å². The van der Waals surface area contributed by atoms with E-state index in [4.69, 9.17) is 10.3 Å². The van der Waals surface area contributed by atoms with Gasteiger partial charge in [0.1, 0.15) is 0 Å². The summed E-state index contributed by atoms with van der Waals surface area (Å²) in [7, 11) is 0. The van der Waals surface area contributed by atoms with Crippen LogP contribution in [0, 0.1) is 19.8 Å². The summed E-state index contributed by atoms with van der Waals surface area (Å²) in [6.07, 6.45) is 2.52. The molecule has 1 aromatic heterocycles. The van der Waals surface area contributed by atoms with Gasteiger partial charge in [-0.2, -0.15) is 4.98 Å². The van der Waals surface area contributed by atoms with E-state index in [1.54, 1.807) is 0 Å². The largest absolute Gasteiger partial charge is 0.339 e. The number of rotatable bonds is 6. The lowest BCUT2D eigenvalue weighted by Crippen LogP contribution is -2.16. The molecule has 1 unspecified atom stereocenters. The molecular weight excluding hydrogens is 250 g/mol. The molecule has 2 aromatic rings. The second-order valence-corrected chi connectivity index (χ2v) is 5.49. The number of nitrogens with two attached hydrogens (primary N) is 1. The average molecular weight is 273 g/mol. The summed E-state index contributed by atoms with van der Waals surface area (Å²) < 4.78 is 5.31. The van der Waals surface area contributed by atoms with Crippen LogP contribution in [0.15, 0.2) is 22.7 Å². The van der Waals surface area contributed by atoms with Gasteiger partial charge in [0.05, 0.1) is 0 Å². The first kappa shape index (κ1) is 14.7. The van der Waals surface area contributed by atoms with Crippen LogP contribution in [0.5, 0.6) is 0 Å². The first-order chi connectivity index (χ1) is 9.60. The number of nitrogens with zero attached hydrogens (tertiary/aromatic N) is 2. The molecule has 0 saturated carbocycles. The summed E-state index contributed by atoms with van der Waals surface area (Å²) in [6.45, 7) is 6.99. The Morgan fingerprint density at radius 1 is 1.20 bits per heavy atom. The molecule has 1 atom stereocenters. The van der Waals surface area contributed by atoms with Crippen molar-refractivity contribution in [2.45, 2.75) is 40.0 Å². The SMILES string of the molecule is CCC(CN)Cc1nc(Cc2cc(C)cc(C)c2)no1. The first-order valence-electron chi connectivity index (χ1n) is 7.19. The van der Waals surface area contributed by atoms with Crippen molar-refractivity contribution in [1.82, 2.24) is 10.1 Å². The van der Waals surface area contributed by atoms with E-state index in [0.717, 1.165) is 18.7 Å². The Labute approximate surface area is 120 Å². The van der Waals surface area contributed by atoms with Gasteiger partial charge in [-0.1, -0.05) is 47.8 Å². The fraction of sp³-hybridized carbons (Fsp3) is 0.500. The quantitative estimate of drug-likeness (QED) is 0.879. The van der Waals surface area contributed by atoms with Crippen LogP contribution < -0.4 is 5.73 Å². The predicted octanol–water partition coefficient (Wildman–Crippen LogP) is 2.80. The number of hydrogen-bond donors (Lipinski definition) is 1. The lowest BCUT2D eigenvalue weighted by molar-refractivity contribution is 0.347. The summed E-state index contributed by atoms with van der Waals surface area (Å²) in [5.74, 6) is 1.86. The third kappa shape index (κ3) is 3.90. The number of aromatic nitrogens is 2.